The number of carbonyl (C=O) groups is 3. The fourth-order valence-corrected chi connectivity index (χ4v) is 11.9. The first-order valence-corrected chi connectivity index (χ1v) is 35.3. The number of hydrogen-bond donors (Lipinski definition) is 3. The molecule has 0 atom stereocenters. The molecule has 16 heteroatoms. The minimum absolute atomic E-state index is 0. The average Bonchev–Trinajstić information content (AvgIpc) is 1.57. The molecule has 0 aliphatic heterocycles. The molecule has 0 bridgehead atoms. The van der Waals surface area contributed by atoms with Crippen LogP contribution in [0, 0.1) is 30.9 Å². The van der Waals surface area contributed by atoms with Gasteiger partial charge in [-0.15, -0.1) is 106 Å². The van der Waals surface area contributed by atoms with Crippen LogP contribution in [-0.2, 0) is 74.7 Å². The first-order valence-electron chi connectivity index (χ1n) is 35.3. The molecule has 0 aliphatic rings. The van der Waals surface area contributed by atoms with Crippen molar-refractivity contribution in [2.24, 2.45) is 0 Å². The Kier molecular flexibility index (Phi) is 32.3. The van der Waals surface area contributed by atoms with Gasteiger partial charge in [0.25, 0.3) is 0 Å². The van der Waals surface area contributed by atoms with Crippen molar-refractivity contribution >= 4 is 50.3 Å². The monoisotopic (exact) mass is 2030 g/mol. The zero-order valence-corrected chi connectivity index (χ0v) is 69.8. The van der Waals surface area contributed by atoms with Gasteiger partial charge in [-0.2, -0.15) is 0 Å². The Morgan fingerprint density at radius 2 is 0.673 bits per heavy atom. The van der Waals surface area contributed by atoms with Crippen molar-refractivity contribution in [3.8, 4) is 112 Å². The van der Waals surface area contributed by atoms with Crippen molar-refractivity contribution in [3.05, 3.63) is 369 Å². The zero-order chi connectivity index (χ0) is 77.5. The normalized spacial score (nSPS) is 10.8. The summed E-state index contributed by atoms with van der Waals surface area (Å²) in [7, 11) is 0. The van der Waals surface area contributed by atoms with Crippen LogP contribution in [0.5, 0.6) is 0 Å². The van der Waals surface area contributed by atoms with E-state index in [0.29, 0.717) is 5.76 Å². The number of carbonyl (C=O) groups excluding carboxylic acids is 3. The van der Waals surface area contributed by atoms with E-state index in [4.69, 9.17) is 33.6 Å². The van der Waals surface area contributed by atoms with E-state index in [-0.39, 0.29) is 101 Å². The van der Waals surface area contributed by atoms with Crippen LogP contribution in [0.3, 0.4) is 0 Å². The molecule has 571 valence electrons. The molecule has 12 nitrogen and oxygen atoms in total. The van der Waals surface area contributed by atoms with Crippen LogP contribution in [0.2, 0.25) is 0 Å². The van der Waals surface area contributed by atoms with E-state index in [1.165, 1.54) is 83.0 Å². The number of hydrogen-bond acceptors (Lipinski definition) is 12. The molecule has 0 spiro atoms. The Hall–Kier alpha value is -12.2. The third-order valence-corrected chi connectivity index (χ3v) is 16.9. The van der Waals surface area contributed by atoms with Crippen molar-refractivity contribution in [2.75, 3.05) is 0 Å². The molecule has 16 aromatic rings. The Balaban J connectivity index is 0.000000186. The number of aliphatic hydroxyl groups excluding tert-OH is 3. The fourth-order valence-electron chi connectivity index (χ4n) is 11.9. The Bertz CT molecular complexity index is 5830. The van der Waals surface area contributed by atoms with Gasteiger partial charge in [-0.25, -0.2) is 4.39 Å². The van der Waals surface area contributed by atoms with Crippen LogP contribution >= 0.6 is 0 Å². The number of halogens is 1. The predicted octanol–water partition coefficient (Wildman–Crippen LogP) is 25.1. The van der Waals surface area contributed by atoms with E-state index < -0.39 is 0 Å². The first-order chi connectivity index (χ1) is 53.3. The van der Waals surface area contributed by atoms with Crippen molar-refractivity contribution in [1.82, 2.24) is 15.0 Å². The summed E-state index contributed by atoms with van der Waals surface area (Å²) in [6.07, 6.45) is 9.12. The summed E-state index contributed by atoms with van der Waals surface area (Å²) in [6.45, 7) is 10.6. The molecule has 16 rings (SSSR count). The summed E-state index contributed by atoms with van der Waals surface area (Å²) in [5.74, 6) is 2.00. The van der Waals surface area contributed by atoms with E-state index in [2.05, 4.69) is 162 Å². The topological polar surface area (TPSA) is 190 Å². The number of ketones is 3. The van der Waals surface area contributed by atoms with Crippen LogP contribution in [-0.4, -0.2) is 47.6 Å². The van der Waals surface area contributed by atoms with Crippen LogP contribution in [0.4, 0.5) is 4.39 Å². The van der Waals surface area contributed by atoms with Crippen LogP contribution in [0.1, 0.15) is 47.1 Å². The van der Waals surface area contributed by atoms with E-state index in [0.717, 1.165) is 134 Å². The number of pyridine rings is 3. The molecule has 113 heavy (non-hydrogen) atoms. The molecule has 6 aromatic heterocycles. The first kappa shape index (κ1) is 86.4. The van der Waals surface area contributed by atoms with E-state index in [9.17, 15) is 18.8 Å². The molecule has 3 N–H and O–H groups in total. The second-order valence-electron chi connectivity index (χ2n) is 25.6. The molecular weight excluding hydrogens is 1950 g/mol. The van der Waals surface area contributed by atoms with E-state index >= 15 is 0 Å². The number of benzene rings is 10. The van der Waals surface area contributed by atoms with Gasteiger partial charge in [0.05, 0.1) is 17.3 Å². The third-order valence-electron chi connectivity index (χ3n) is 16.9. The standard InChI is InChI=1S/C31H20NO.C26H18NO.C25H15FNO.3C5H8O2.3Ir/c1-4-11-22(12-5-1)25-17-10-18-26(19-25)28-20-29-27(21-32-28)30(23-13-6-2-7-14-23)31(33-29)24-15-8-3-9-16-24;1-18-23-17-27-24(16-25(23)28-26(18)20-11-6-3-7-12-20)22-14-8-13-21(15-22)19-9-4-2-5-10-19;26-22-11-9-18(10-12-22)24-14-21-16-27-23(15-25(21)28-24)20-8-4-7-19(13-20)17-5-2-1-3-6-17;3*1-4(6)3-5(2)7;;;/h1-17,19-21H;2-13,15-17H,1H3;1-7,9-16H;3*3,6H,1-2H3;;;/q3*-1;;;;;;. The van der Waals surface area contributed by atoms with Gasteiger partial charge in [-0.3, -0.25) is 14.4 Å². The average molecular weight is 2020 g/mol. The van der Waals surface area contributed by atoms with Gasteiger partial charge in [0, 0.05) is 141 Å². The van der Waals surface area contributed by atoms with Crippen LogP contribution in [0.15, 0.2) is 352 Å². The summed E-state index contributed by atoms with van der Waals surface area (Å²) < 4.78 is 31.8. The summed E-state index contributed by atoms with van der Waals surface area (Å²) in [6, 6.07) is 104. The summed E-state index contributed by atoms with van der Waals surface area (Å²) >= 11 is 0. The molecule has 3 radical (unpaired) electrons. The molecular formula is C97H77FIr3N3O9-3. The van der Waals surface area contributed by atoms with E-state index in [1.54, 1.807) is 18.3 Å². The van der Waals surface area contributed by atoms with Crippen molar-refractivity contribution in [1.29, 1.82) is 0 Å². The van der Waals surface area contributed by atoms with Crippen molar-refractivity contribution in [3.63, 3.8) is 0 Å². The largest absolute Gasteiger partial charge is 0.512 e. The molecule has 0 saturated carbocycles. The Morgan fingerprint density at radius 3 is 1.04 bits per heavy atom. The minimum Gasteiger partial charge on any atom is -0.512 e. The maximum atomic E-state index is 13.2. The van der Waals surface area contributed by atoms with Gasteiger partial charge >= 0.3 is 0 Å². The van der Waals surface area contributed by atoms with Gasteiger partial charge in [0.1, 0.15) is 39.8 Å². The Morgan fingerprint density at radius 1 is 0.345 bits per heavy atom. The molecule has 0 unspecified atom stereocenters. The Labute approximate surface area is 696 Å². The number of furan rings is 3. The molecule has 0 fully saturated rings. The minimum atomic E-state index is -0.266. The molecule has 0 saturated heterocycles. The van der Waals surface area contributed by atoms with E-state index in [1.807, 2.05) is 146 Å². The smallest absolute Gasteiger partial charge is 0.155 e. The maximum absolute atomic E-state index is 13.2. The summed E-state index contributed by atoms with van der Waals surface area (Å²) in [5, 5.41) is 28.0. The second kappa shape index (κ2) is 42.3. The van der Waals surface area contributed by atoms with Gasteiger partial charge in [-0.1, -0.05) is 182 Å². The molecule has 0 aliphatic carbocycles. The quantitative estimate of drug-likeness (QED) is 0.0563. The number of aromatic nitrogens is 3. The number of rotatable bonds is 13. The predicted molar refractivity (Wildman–Crippen MR) is 439 cm³/mol. The maximum Gasteiger partial charge on any atom is 0.155 e. The third kappa shape index (κ3) is 24.1. The van der Waals surface area contributed by atoms with Crippen LogP contribution < -0.4 is 0 Å². The number of fused-ring (bicyclic) bond motifs is 3. The molecule has 10 aromatic carbocycles. The van der Waals surface area contributed by atoms with Gasteiger partial charge in [0.2, 0.25) is 0 Å². The van der Waals surface area contributed by atoms with Gasteiger partial charge in [-0.05, 0) is 136 Å². The summed E-state index contributed by atoms with van der Waals surface area (Å²) in [4.78, 5) is 44.1. The van der Waals surface area contributed by atoms with Crippen molar-refractivity contribution < 1.29 is 108 Å². The van der Waals surface area contributed by atoms with Gasteiger partial charge in [0.15, 0.2) is 17.3 Å². The number of aliphatic hydroxyl groups is 3. The number of allylic oxidation sites excluding steroid dienone is 6. The van der Waals surface area contributed by atoms with Crippen molar-refractivity contribution in [2.45, 2.75) is 48.5 Å². The number of nitrogens with zero attached hydrogens (tertiary/aromatic N) is 3. The SMILES string of the molecule is CC(=O)C=C(C)O.CC(=O)C=C(C)O.CC(=O)C=C(C)O.Cc1c(-c2ccccc2)oc2cc(-c3[c-]ccc(-c4ccccc4)c3)ncc12.Fc1ccc(-c2cc3cnc(-c4[c-]ccc(-c5ccccc5)c4)cc3o2)cc1.[Ir].[Ir].[Ir].[c-]1ccc(-c2ccccc2)cc1-c1cc2oc(-c3ccccc3)c(-c3ccccc3)c2cn1. The molecule has 6 heterocycles. The number of aryl methyl sites for hydroxylation is 1. The second-order valence-corrected chi connectivity index (χ2v) is 25.6. The van der Waals surface area contributed by atoms with Gasteiger partial charge < -0.3 is 43.5 Å². The zero-order valence-electron chi connectivity index (χ0n) is 62.6. The summed E-state index contributed by atoms with van der Waals surface area (Å²) in [5.41, 5.74) is 20.9. The fraction of sp³-hybridized carbons (Fsp3) is 0.0722. The van der Waals surface area contributed by atoms with Crippen LogP contribution in [0.25, 0.3) is 145 Å². The molecule has 0 amide bonds.